The lowest BCUT2D eigenvalue weighted by molar-refractivity contribution is -0.141. The number of carbonyl (C=O) groups is 2. The van der Waals surface area contributed by atoms with Gasteiger partial charge in [0.2, 0.25) is 11.8 Å². The molecule has 1 atom stereocenters. The van der Waals surface area contributed by atoms with Gasteiger partial charge in [0.05, 0.1) is 0 Å². The molecule has 4 nitrogen and oxygen atoms in total. The minimum atomic E-state index is -0.588. The Morgan fingerprint density at radius 3 is 2.38 bits per heavy atom. The predicted octanol–water partition coefficient (Wildman–Crippen LogP) is 7.28. The first-order chi connectivity index (χ1) is 18.0. The van der Waals surface area contributed by atoms with Gasteiger partial charge in [-0.15, -0.1) is 11.8 Å². The molecule has 0 radical (unpaired) electrons. The lowest BCUT2D eigenvalue weighted by Crippen LogP contribution is -2.52. The summed E-state index contributed by atoms with van der Waals surface area (Å²) in [6, 6.07) is 25.1. The Kier molecular flexibility index (Phi) is 10.5. The third-order valence-electron chi connectivity index (χ3n) is 6.61. The first-order valence-electron chi connectivity index (χ1n) is 12.7. The fourth-order valence-electron chi connectivity index (χ4n) is 4.68. The van der Waals surface area contributed by atoms with E-state index in [9.17, 15) is 9.59 Å². The molecule has 7 heteroatoms. The van der Waals surface area contributed by atoms with Gasteiger partial charge >= 0.3 is 0 Å². The number of amides is 2. The van der Waals surface area contributed by atoms with E-state index in [1.54, 1.807) is 16.7 Å². The van der Waals surface area contributed by atoms with Crippen molar-refractivity contribution in [3.63, 3.8) is 0 Å². The highest BCUT2D eigenvalue weighted by Gasteiger charge is 2.32. The van der Waals surface area contributed by atoms with Crippen molar-refractivity contribution in [3.8, 4) is 0 Å². The molecule has 0 unspecified atom stereocenters. The summed E-state index contributed by atoms with van der Waals surface area (Å²) < 4.78 is 0.950. The van der Waals surface area contributed by atoms with E-state index in [1.165, 1.54) is 0 Å². The number of hydrogen-bond donors (Lipinski definition) is 1. The first kappa shape index (κ1) is 27.7. The smallest absolute Gasteiger partial charge is 0.243 e. The quantitative estimate of drug-likeness (QED) is 0.236. The minimum absolute atomic E-state index is 0.0241. The van der Waals surface area contributed by atoms with Gasteiger partial charge in [0.1, 0.15) is 6.04 Å². The minimum Gasteiger partial charge on any atom is -0.352 e. The lowest BCUT2D eigenvalue weighted by Gasteiger charge is -2.32. The topological polar surface area (TPSA) is 49.4 Å². The van der Waals surface area contributed by atoms with Crippen molar-refractivity contribution in [2.45, 2.75) is 62.0 Å². The van der Waals surface area contributed by atoms with Crippen LogP contribution in [0.1, 0.15) is 43.2 Å². The number of benzene rings is 3. The molecule has 4 rings (SSSR count). The monoisotopic (exact) mass is 598 g/mol. The first-order valence-corrected chi connectivity index (χ1v) is 14.9. The third-order valence-corrected chi connectivity index (χ3v) is 8.37. The van der Waals surface area contributed by atoms with E-state index in [1.807, 2.05) is 78.9 Å². The van der Waals surface area contributed by atoms with E-state index in [2.05, 4.69) is 21.2 Å². The summed E-state index contributed by atoms with van der Waals surface area (Å²) in [6.45, 7) is 0.374. The third kappa shape index (κ3) is 8.62. The van der Waals surface area contributed by atoms with Crippen molar-refractivity contribution in [2.24, 2.45) is 0 Å². The maximum absolute atomic E-state index is 13.7. The number of hydrogen-bond acceptors (Lipinski definition) is 3. The molecular weight excluding hydrogens is 568 g/mol. The van der Waals surface area contributed by atoms with Gasteiger partial charge in [-0.3, -0.25) is 9.59 Å². The normalized spacial score (nSPS) is 14.3. The molecule has 37 heavy (non-hydrogen) atoms. The Morgan fingerprint density at radius 2 is 1.68 bits per heavy atom. The number of nitrogens with one attached hydrogen (secondary N) is 1. The summed E-state index contributed by atoms with van der Waals surface area (Å²) in [6.07, 6.45) is 5.09. The Balaban J connectivity index is 1.56. The SMILES string of the molecule is O=C(NC1CCCC1)[C@@H](Cc1ccccc1)N(Cc1cccc(Br)c1)C(=O)CCSc1ccc(Cl)cc1. The summed E-state index contributed by atoms with van der Waals surface area (Å²) in [7, 11) is 0. The molecular formula is C30H32BrClN2O2S. The molecule has 1 aliphatic carbocycles. The maximum atomic E-state index is 13.7. The van der Waals surface area contributed by atoms with Crippen LogP contribution in [-0.4, -0.2) is 34.6 Å². The standard InChI is InChI=1S/C30H32BrClN2O2S/c31-24-10-6-9-23(19-24)21-34(29(35)17-18-37-27-15-13-25(32)14-16-27)28(20-22-7-2-1-3-8-22)30(36)33-26-11-4-5-12-26/h1-3,6-10,13-16,19,26,28H,4-5,11-12,17-18,20-21H2,(H,33,36)/t28-/m1/s1. The van der Waals surface area contributed by atoms with Crippen LogP contribution < -0.4 is 5.32 Å². The number of thioether (sulfide) groups is 1. The number of rotatable bonds is 11. The van der Waals surface area contributed by atoms with Crippen LogP contribution in [0, 0.1) is 0 Å². The molecule has 1 N–H and O–H groups in total. The van der Waals surface area contributed by atoms with Crippen molar-refractivity contribution in [3.05, 3.63) is 99.5 Å². The van der Waals surface area contributed by atoms with Crippen LogP contribution in [0.15, 0.2) is 88.2 Å². The van der Waals surface area contributed by atoms with Gasteiger partial charge in [-0.25, -0.2) is 0 Å². The van der Waals surface area contributed by atoms with Gasteiger partial charge in [-0.05, 0) is 60.4 Å². The Labute approximate surface area is 237 Å². The Morgan fingerprint density at radius 1 is 0.973 bits per heavy atom. The van der Waals surface area contributed by atoms with Crippen molar-refractivity contribution < 1.29 is 9.59 Å². The van der Waals surface area contributed by atoms with Crippen LogP contribution in [-0.2, 0) is 22.6 Å². The van der Waals surface area contributed by atoms with Crippen LogP contribution in [0.4, 0.5) is 0 Å². The molecule has 3 aromatic rings. The molecule has 0 aliphatic heterocycles. The molecule has 1 aliphatic rings. The van der Waals surface area contributed by atoms with E-state index in [0.717, 1.165) is 46.2 Å². The molecule has 0 heterocycles. The highest BCUT2D eigenvalue weighted by Crippen LogP contribution is 2.24. The van der Waals surface area contributed by atoms with E-state index in [4.69, 9.17) is 11.6 Å². The van der Waals surface area contributed by atoms with E-state index >= 15 is 0 Å². The largest absolute Gasteiger partial charge is 0.352 e. The van der Waals surface area contributed by atoms with Gasteiger partial charge in [-0.2, -0.15) is 0 Å². The zero-order valence-electron chi connectivity index (χ0n) is 20.7. The summed E-state index contributed by atoms with van der Waals surface area (Å²) in [5.74, 6) is 0.533. The zero-order valence-corrected chi connectivity index (χ0v) is 23.9. The molecule has 194 valence electrons. The molecule has 0 aromatic heterocycles. The van der Waals surface area contributed by atoms with Gasteiger partial charge in [0, 0.05) is 45.6 Å². The molecule has 0 saturated heterocycles. The highest BCUT2D eigenvalue weighted by atomic mass is 79.9. The summed E-state index contributed by atoms with van der Waals surface area (Å²) in [5.41, 5.74) is 2.02. The second-order valence-electron chi connectivity index (χ2n) is 9.40. The van der Waals surface area contributed by atoms with E-state index < -0.39 is 6.04 Å². The predicted molar refractivity (Wildman–Crippen MR) is 156 cm³/mol. The second-order valence-corrected chi connectivity index (χ2v) is 11.9. The molecule has 2 amide bonds. The van der Waals surface area contributed by atoms with Crippen molar-refractivity contribution in [1.82, 2.24) is 10.2 Å². The van der Waals surface area contributed by atoms with Gasteiger partial charge in [0.15, 0.2) is 0 Å². The van der Waals surface area contributed by atoms with Crippen molar-refractivity contribution in [1.29, 1.82) is 0 Å². The summed E-state index contributed by atoms with van der Waals surface area (Å²) in [5, 5.41) is 3.95. The average molecular weight is 600 g/mol. The number of carbonyl (C=O) groups excluding carboxylic acids is 2. The number of nitrogens with zero attached hydrogens (tertiary/aromatic N) is 1. The summed E-state index contributed by atoms with van der Waals surface area (Å²) >= 11 is 11.2. The zero-order chi connectivity index (χ0) is 26.0. The van der Waals surface area contributed by atoms with Gasteiger partial charge in [0.25, 0.3) is 0 Å². The van der Waals surface area contributed by atoms with Gasteiger partial charge < -0.3 is 10.2 Å². The second kappa shape index (κ2) is 14.0. The lowest BCUT2D eigenvalue weighted by atomic mass is 10.0. The van der Waals surface area contributed by atoms with E-state index in [0.29, 0.717) is 30.2 Å². The maximum Gasteiger partial charge on any atom is 0.243 e. The molecule has 1 saturated carbocycles. The van der Waals surface area contributed by atoms with Crippen LogP contribution in [0.3, 0.4) is 0 Å². The summed E-state index contributed by atoms with van der Waals surface area (Å²) in [4.78, 5) is 30.3. The fraction of sp³-hybridized carbons (Fsp3) is 0.333. The number of halogens is 2. The van der Waals surface area contributed by atoms with Crippen molar-refractivity contribution in [2.75, 3.05) is 5.75 Å². The Hall–Kier alpha value is -2.28. The van der Waals surface area contributed by atoms with Crippen LogP contribution in [0.2, 0.25) is 5.02 Å². The van der Waals surface area contributed by atoms with Crippen LogP contribution in [0.25, 0.3) is 0 Å². The molecule has 1 fully saturated rings. The van der Waals surface area contributed by atoms with E-state index in [-0.39, 0.29) is 17.9 Å². The Bertz CT molecular complexity index is 1170. The van der Waals surface area contributed by atoms with Gasteiger partial charge in [-0.1, -0.05) is 82.8 Å². The molecule has 0 bridgehead atoms. The highest BCUT2D eigenvalue weighted by molar-refractivity contribution is 9.10. The fourth-order valence-corrected chi connectivity index (χ4v) is 6.10. The molecule has 0 spiro atoms. The van der Waals surface area contributed by atoms with Crippen LogP contribution >= 0.6 is 39.3 Å². The van der Waals surface area contributed by atoms with Crippen molar-refractivity contribution >= 4 is 51.1 Å². The molecule has 3 aromatic carbocycles. The average Bonchev–Trinajstić information content (AvgIpc) is 3.41. The van der Waals surface area contributed by atoms with Crippen LogP contribution in [0.5, 0.6) is 0 Å².